The highest BCUT2D eigenvalue weighted by atomic mass is 35.5. The van der Waals surface area contributed by atoms with Crippen molar-refractivity contribution in [1.29, 1.82) is 15.8 Å². The summed E-state index contributed by atoms with van der Waals surface area (Å²) in [5.74, 6) is -13.0. The normalized spacial score (nSPS) is 15.0. The molecule has 0 spiro atoms. The van der Waals surface area contributed by atoms with Crippen molar-refractivity contribution >= 4 is 172 Å². The van der Waals surface area contributed by atoms with Crippen molar-refractivity contribution < 1.29 is 56.0 Å². The largest absolute Gasteiger partial charge is 0.504 e. The number of hydrogen-bond acceptors (Lipinski definition) is 21. The number of aryl methyl sites for hydroxylation is 3. The van der Waals surface area contributed by atoms with Crippen LogP contribution in [-0.2, 0) is 14.4 Å². The van der Waals surface area contributed by atoms with Crippen LogP contribution in [0.25, 0.3) is 83.9 Å². The number of carbonyl (C=O) groups excluding carboxylic acids is 3. The molecule has 3 fully saturated rings. The van der Waals surface area contributed by atoms with Crippen molar-refractivity contribution in [2.75, 3.05) is 73.6 Å². The van der Waals surface area contributed by atoms with Gasteiger partial charge in [0.1, 0.15) is 66.9 Å². The first-order valence-electron chi connectivity index (χ1n) is 42.4. The first-order chi connectivity index (χ1) is 65.2. The van der Waals surface area contributed by atoms with Crippen molar-refractivity contribution in [3.05, 3.63) is 255 Å². The molecule has 138 heavy (non-hydrogen) atoms. The van der Waals surface area contributed by atoms with Crippen LogP contribution in [0.15, 0.2) is 107 Å². The number of aromatic hydroxyl groups is 3. The van der Waals surface area contributed by atoms with Gasteiger partial charge in [0.15, 0.2) is 52.2 Å². The molecule has 12 heterocycles. The highest BCUT2D eigenvalue weighted by Gasteiger charge is 2.40. The second-order valence-electron chi connectivity index (χ2n) is 33.6. The number of aromatic nitrogens is 9. The number of piperazine rings is 3. The molecule has 15 rings (SSSR count). The van der Waals surface area contributed by atoms with E-state index in [2.05, 4.69) is 67.8 Å². The molecule has 3 aliphatic heterocycles. The minimum atomic E-state index is -1.46. The van der Waals surface area contributed by atoms with Crippen molar-refractivity contribution in [3.63, 3.8) is 0 Å². The summed E-state index contributed by atoms with van der Waals surface area (Å²) in [6.07, 6.45) is 8.46. The maximum Gasteiger partial charge on any atom is 0.276 e. The van der Waals surface area contributed by atoms with Crippen LogP contribution in [0, 0.1) is 89.7 Å². The Balaban J connectivity index is 0.000000175. The Morgan fingerprint density at radius 2 is 0.630 bits per heavy atom. The van der Waals surface area contributed by atoms with Gasteiger partial charge in [-0.25, -0.2) is 41.3 Å². The molecule has 3 atom stereocenters. The fourth-order valence-corrected chi connectivity index (χ4v) is 19.5. The lowest BCUT2D eigenvalue weighted by Crippen LogP contribution is -2.54. The molecule has 3 aliphatic rings. The minimum Gasteiger partial charge on any atom is -0.504 e. The highest BCUT2D eigenvalue weighted by Crippen LogP contribution is 2.51. The molecule has 3 aromatic carbocycles. The summed E-state index contributed by atoms with van der Waals surface area (Å²) in [6.45, 7) is 35.1. The van der Waals surface area contributed by atoms with Gasteiger partial charge in [0.2, 0.25) is 17.7 Å². The van der Waals surface area contributed by atoms with Gasteiger partial charge in [-0.1, -0.05) is 166 Å². The molecule has 3 amide bonds. The maximum atomic E-state index is 15.5. The van der Waals surface area contributed by atoms with E-state index in [1.807, 2.05) is 62.3 Å². The maximum absolute atomic E-state index is 15.5. The lowest BCUT2D eigenvalue weighted by Gasteiger charge is -2.41. The molecule has 27 nitrogen and oxygen atoms in total. The van der Waals surface area contributed by atoms with E-state index in [4.69, 9.17) is 104 Å². The van der Waals surface area contributed by atoms with Gasteiger partial charge in [-0.3, -0.25) is 57.4 Å². The summed E-state index contributed by atoms with van der Waals surface area (Å²) in [4.78, 5) is 118. The zero-order valence-electron chi connectivity index (χ0n) is 75.4. The number of anilines is 3. The quantitative estimate of drug-likeness (QED) is 0.0371. The number of nitriles is 3. The number of fused-ring (bicyclic) bond motifs is 3. The third-order valence-corrected chi connectivity index (χ3v) is 26.9. The van der Waals surface area contributed by atoms with Gasteiger partial charge in [0, 0.05) is 112 Å². The Labute approximate surface area is 830 Å². The van der Waals surface area contributed by atoms with Crippen LogP contribution >= 0.6 is 104 Å². The summed E-state index contributed by atoms with van der Waals surface area (Å²) in [6, 6.07) is 14.5. The zero-order valence-corrected chi connectivity index (χ0v) is 82.2. The topological polar surface area (TPSA) is 346 Å². The number of phenolic OH excluding ortho intramolecular Hbond substituents is 3. The molecule has 0 aliphatic carbocycles. The van der Waals surface area contributed by atoms with Gasteiger partial charge in [-0.2, -0.15) is 15.8 Å². The second-order valence-corrected chi connectivity index (χ2v) is 37.1. The number of rotatable bonds is 15. The monoisotopic (exact) mass is 2060 g/mol. The summed E-state index contributed by atoms with van der Waals surface area (Å²) in [5, 5.41) is 57.1. The molecule has 3 N–H and O–H groups in total. The Hall–Kier alpha value is -12.7. The van der Waals surface area contributed by atoms with Gasteiger partial charge in [-0.05, 0) is 131 Å². The predicted molar refractivity (Wildman–Crippen MR) is 523 cm³/mol. The van der Waals surface area contributed by atoms with Crippen LogP contribution in [0.3, 0.4) is 0 Å². The van der Waals surface area contributed by atoms with Crippen molar-refractivity contribution in [2.24, 2.45) is 0 Å². The summed E-state index contributed by atoms with van der Waals surface area (Å²) in [5.41, 5.74) is -0.478. The molecule has 714 valence electrons. The smallest absolute Gasteiger partial charge is 0.276 e. The number of phenols is 3. The van der Waals surface area contributed by atoms with E-state index in [0.717, 1.165) is 0 Å². The van der Waals surface area contributed by atoms with E-state index in [1.54, 1.807) is 87.0 Å². The molecule has 0 unspecified atom stereocenters. The molecule has 0 radical (unpaired) electrons. The molecule has 12 aromatic rings. The molecule has 42 heteroatoms. The van der Waals surface area contributed by atoms with Crippen LogP contribution in [0.4, 0.5) is 43.4 Å². The number of nitrogens with zero attached hydrogens (tertiary/aromatic N) is 18. The van der Waals surface area contributed by atoms with E-state index in [-0.39, 0.29) is 212 Å². The number of hydrogen-bond donors (Lipinski definition) is 3. The van der Waals surface area contributed by atoms with E-state index >= 15 is 13.2 Å². The SMILES string of the molecule is C=CC(=O)N1CCN(c2c(C#N)c(=O)n(-c3c(C)ccnc3C(C)C)c3nc(-c4c(F)c(Cl)c(F)c(O)c4Cl)c(Cl)cc23)C[C@H]1C.C=CC(=O)N1CCN(c2c(C#N)c(=O)n(-c3c(C)ccnc3C(C)C)c3nc(-c4c(F)c(Cl)c(F)c(O)c4Cl)c(Cl)cc23)C[C@H]1C.C=CC(=O)N1CCN(c2c(C#N)c(=O)n(-c3c(C)ccnc3C(C)C)c3nc(-c4c(F)c(Cl)c(F)c(O)c4Cl)c(Cl)cc23)C[C@H]1C. The van der Waals surface area contributed by atoms with Gasteiger partial charge < -0.3 is 44.7 Å². The third kappa shape index (κ3) is 18.0. The van der Waals surface area contributed by atoms with Crippen LogP contribution in [-0.4, -0.2) is 168 Å². The molecule has 3 saturated heterocycles. The average Bonchev–Trinajstić information content (AvgIpc) is 0.726. The summed E-state index contributed by atoms with van der Waals surface area (Å²) in [7, 11) is 0. The Kier molecular flexibility index (Phi) is 30.3. The zero-order chi connectivity index (χ0) is 101. The standard InChI is InChI=1S/3C32H27Cl3F2N6O3/c3*1-6-20(44)42-10-9-41(13-16(42)5)29-17-11-19(33)27(21-22(34)30(45)25(37)23(35)24(21)36)40-31(17)43(32(46)18(29)12-38)28-15(4)7-8-39-26(28)14(2)3/h3*6-8,11,14,16,45H,1,9-10,13H2,2-5H3/t3*16-/m111/s1. The first kappa shape index (κ1) is 103. The van der Waals surface area contributed by atoms with Crippen LogP contribution < -0.4 is 31.4 Å². The van der Waals surface area contributed by atoms with Gasteiger partial charge in [0.25, 0.3) is 16.7 Å². The first-order valence-corrected chi connectivity index (χ1v) is 45.8. The third-order valence-electron chi connectivity index (χ3n) is 24.0. The van der Waals surface area contributed by atoms with Crippen molar-refractivity contribution in [2.45, 2.75) is 119 Å². The molecule has 0 saturated carbocycles. The minimum absolute atomic E-state index is 0.0379. The lowest BCUT2D eigenvalue weighted by molar-refractivity contribution is -0.129. The molecular weight excluding hydrogens is 1980 g/mol. The fraction of sp³-hybridized carbons (Fsp3) is 0.281. The van der Waals surface area contributed by atoms with E-state index in [0.29, 0.717) is 50.8 Å². The van der Waals surface area contributed by atoms with Gasteiger partial charge in [0.05, 0.1) is 115 Å². The lowest BCUT2D eigenvalue weighted by atomic mass is 10.0. The summed E-state index contributed by atoms with van der Waals surface area (Å²) < 4.78 is 93.5. The fourth-order valence-electron chi connectivity index (χ4n) is 17.4. The van der Waals surface area contributed by atoms with Gasteiger partial charge >= 0.3 is 0 Å². The molecular formula is C96H81Cl9F6N18O9. The molecule has 9 aromatic heterocycles. The Bertz CT molecular complexity index is 6790. The Morgan fingerprint density at radius 3 is 0.833 bits per heavy atom. The van der Waals surface area contributed by atoms with Crippen LogP contribution in [0.5, 0.6) is 17.2 Å². The van der Waals surface area contributed by atoms with Crippen molar-refractivity contribution in [1.82, 2.24) is 58.3 Å². The average molecular weight is 2060 g/mol. The number of halogens is 15. The Morgan fingerprint density at radius 1 is 0.399 bits per heavy atom. The number of pyridine rings is 9. The highest BCUT2D eigenvalue weighted by molar-refractivity contribution is 6.41. The van der Waals surface area contributed by atoms with E-state index < -0.39 is 116 Å². The predicted octanol–water partition coefficient (Wildman–Crippen LogP) is 20.8. The summed E-state index contributed by atoms with van der Waals surface area (Å²) >= 11 is 56.4. The number of amides is 3. The number of carbonyl (C=O) groups is 3. The second kappa shape index (κ2) is 40.8. The van der Waals surface area contributed by atoms with Crippen LogP contribution in [0.1, 0.15) is 131 Å². The van der Waals surface area contributed by atoms with Gasteiger partial charge in [-0.15, -0.1) is 0 Å². The van der Waals surface area contributed by atoms with Crippen molar-refractivity contribution in [3.8, 4) is 86.3 Å². The van der Waals surface area contributed by atoms with E-state index in [1.165, 1.54) is 50.1 Å². The van der Waals surface area contributed by atoms with Crippen LogP contribution in [0.2, 0.25) is 45.2 Å². The number of benzene rings is 3. The van der Waals surface area contributed by atoms with E-state index in [9.17, 15) is 73.0 Å². The molecule has 0 bridgehead atoms.